The fraction of sp³-hybridized carbons (Fsp3) is 0.333. The first-order valence-corrected chi connectivity index (χ1v) is 6.64. The predicted octanol–water partition coefficient (Wildman–Crippen LogP) is 1.48. The second-order valence-electron chi connectivity index (χ2n) is 3.56. The number of amides is 1. The molecule has 0 aliphatic carbocycles. The largest absolute Gasteiger partial charge is 0.482 e. The van der Waals surface area contributed by atoms with E-state index in [0.29, 0.717) is 11.5 Å². The lowest BCUT2D eigenvalue weighted by Gasteiger charge is -2.17. The van der Waals surface area contributed by atoms with Gasteiger partial charge in [-0.25, -0.2) is 4.79 Å². The van der Waals surface area contributed by atoms with E-state index < -0.39 is 5.97 Å². The molecular weight excluding hydrogens is 254 g/mol. The van der Waals surface area contributed by atoms with Crippen molar-refractivity contribution in [1.82, 2.24) is 0 Å². The maximum absolute atomic E-state index is 11.6. The first-order valence-electron chi connectivity index (χ1n) is 5.24. The standard InChI is InChI=1S/C12H15NO4S/c1-13(11(14)8-18-2)9-3-5-10(6-4-9)17-7-12(15)16/h3-6H,7-8H2,1-2H3,(H,15,16). The van der Waals surface area contributed by atoms with Gasteiger partial charge < -0.3 is 14.7 Å². The first kappa shape index (κ1) is 14.4. The highest BCUT2D eigenvalue weighted by molar-refractivity contribution is 7.99. The summed E-state index contributed by atoms with van der Waals surface area (Å²) >= 11 is 1.47. The Morgan fingerprint density at radius 2 is 1.94 bits per heavy atom. The fourth-order valence-electron chi connectivity index (χ4n) is 1.28. The lowest BCUT2D eigenvalue weighted by Crippen LogP contribution is -2.27. The van der Waals surface area contributed by atoms with E-state index in [4.69, 9.17) is 9.84 Å². The second kappa shape index (κ2) is 6.90. The van der Waals surface area contributed by atoms with Crippen molar-refractivity contribution in [2.24, 2.45) is 0 Å². The van der Waals surface area contributed by atoms with Gasteiger partial charge in [0.15, 0.2) is 6.61 Å². The molecule has 1 N–H and O–H groups in total. The van der Waals surface area contributed by atoms with Crippen LogP contribution in [0.3, 0.4) is 0 Å². The Kier molecular flexibility index (Phi) is 5.51. The molecule has 0 radical (unpaired) electrons. The van der Waals surface area contributed by atoms with Gasteiger partial charge in [0, 0.05) is 12.7 Å². The van der Waals surface area contributed by atoms with Gasteiger partial charge in [-0.05, 0) is 30.5 Å². The molecule has 1 aromatic carbocycles. The zero-order chi connectivity index (χ0) is 13.5. The molecule has 0 spiro atoms. The maximum atomic E-state index is 11.6. The van der Waals surface area contributed by atoms with Crippen LogP contribution in [0, 0.1) is 0 Å². The van der Waals surface area contributed by atoms with Gasteiger partial charge in [0.05, 0.1) is 5.75 Å². The number of anilines is 1. The van der Waals surface area contributed by atoms with Crippen LogP contribution in [0.4, 0.5) is 5.69 Å². The topological polar surface area (TPSA) is 66.8 Å². The molecule has 18 heavy (non-hydrogen) atoms. The van der Waals surface area contributed by atoms with Crippen molar-refractivity contribution in [3.63, 3.8) is 0 Å². The smallest absolute Gasteiger partial charge is 0.341 e. The van der Waals surface area contributed by atoms with Crippen LogP contribution >= 0.6 is 11.8 Å². The Morgan fingerprint density at radius 1 is 1.33 bits per heavy atom. The number of carboxylic acids is 1. The van der Waals surface area contributed by atoms with Gasteiger partial charge in [-0.2, -0.15) is 11.8 Å². The molecule has 1 aromatic rings. The molecule has 6 heteroatoms. The van der Waals surface area contributed by atoms with Crippen LogP contribution in [0.25, 0.3) is 0 Å². The summed E-state index contributed by atoms with van der Waals surface area (Å²) < 4.78 is 5.00. The minimum atomic E-state index is -1.02. The van der Waals surface area contributed by atoms with E-state index in [2.05, 4.69) is 0 Å². The van der Waals surface area contributed by atoms with Crippen molar-refractivity contribution < 1.29 is 19.4 Å². The number of hydrogen-bond donors (Lipinski definition) is 1. The highest BCUT2D eigenvalue weighted by atomic mass is 32.2. The summed E-state index contributed by atoms with van der Waals surface area (Å²) in [6.07, 6.45) is 1.87. The minimum absolute atomic E-state index is 0.0155. The molecule has 1 rings (SSSR count). The van der Waals surface area contributed by atoms with Crippen LogP contribution in [-0.2, 0) is 9.59 Å². The minimum Gasteiger partial charge on any atom is -0.482 e. The summed E-state index contributed by atoms with van der Waals surface area (Å²) in [4.78, 5) is 23.5. The van der Waals surface area contributed by atoms with Gasteiger partial charge in [-0.15, -0.1) is 0 Å². The quantitative estimate of drug-likeness (QED) is 0.847. The number of aliphatic carboxylic acids is 1. The number of carbonyl (C=O) groups excluding carboxylic acids is 1. The Hall–Kier alpha value is -1.69. The number of carbonyl (C=O) groups is 2. The van der Waals surface area contributed by atoms with Crippen molar-refractivity contribution in [2.45, 2.75) is 0 Å². The molecule has 5 nitrogen and oxygen atoms in total. The highest BCUT2D eigenvalue weighted by Gasteiger charge is 2.10. The fourth-order valence-corrected chi connectivity index (χ4v) is 1.72. The molecular formula is C12H15NO4S. The van der Waals surface area contributed by atoms with Gasteiger partial charge in [0.25, 0.3) is 0 Å². The molecule has 0 unspecified atom stereocenters. The third kappa shape index (κ3) is 4.29. The van der Waals surface area contributed by atoms with Crippen LogP contribution in [0.5, 0.6) is 5.75 Å². The predicted molar refractivity (Wildman–Crippen MR) is 71.4 cm³/mol. The molecule has 0 saturated heterocycles. The van der Waals surface area contributed by atoms with E-state index in [-0.39, 0.29) is 12.5 Å². The average molecular weight is 269 g/mol. The van der Waals surface area contributed by atoms with Gasteiger partial charge in [-0.1, -0.05) is 0 Å². The zero-order valence-electron chi connectivity index (χ0n) is 10.3. The molecule has 0 fully saturated rings. The van der Waals surface area contributed by atoms with E-state index >= 15 is 0 Å². The second-order valence-corrected chi connectivity index (χ2v) is 4.43. The molecule has 0 aliphatic heterocycles. The molecule has 0 aromatic heterocycles. The normalized spacial score (nSPS) is 9.89. The molecule has 0 bridgehead atoms. The number of ether oxygens (including phenoxy) is 1. The van der Waals surface area contributed by atoms with Crippen LogP contribution in [-0.4, -0.2) is 42.6 Å². The Bertz CT molecular complexity index is 419. The van der Waals surface area contributed by atoms with Gasteiger partial charge in [-0.3, -0.25) is 4.79 Å². The Balaban J connectivity index is 2.64. The van der Waals surface area contributed by atoms with E-state index in [1.807, 2.05) is 6.26 Å². The third-order valence-electron chi connectivity index (χ3n) is 2.23. The monoisotopic (exact) mass is 269 g/mol. The number of rotatable bonds is 6. The summed E-state index contributed by atoms with van der Waals surface area (Å²) in [5.74, 6) is -0.117. The highest BCUT2D eigenvalue weighted by Crippen LogP contribution is 2.19. The van der Waals surface area contributed by atoms with Crippen LogP contribution in [0.15, 0.2) is 24.3 Å². The molecule has 0 saturated carbocycles. The number of nitrogens with zero attached hydrogens (tertiary/aromatic N) is 1. The lowest BCUT2D eigenvalue weighted by atomic mass is 10.3. The van der Waals surface area contributed by atoms with Crippen molar-refractivity contribution in [1.29, 1.82) is 0 Å². The number of thioether (sulfide) groups is 1. The van der Waals surface area contributed by atoms with Crippen LogP contribution in [0.2, 0.25) is 0 Å². The van der Waals surface area contributed by atoms with Crippen LogP contribution in [0.1, 0.15) is 0 Å². The van der Waals surface area contributed by atoms with Crippen molar-refractivity contribution in [3.8, 4) is 5.75 Å². The molecule has 98 valence electrons. The molecule has 1 amide bonds. The van der Waals surface area contributed by atoms with E-state index in [1.54, 1.807) is 36.2 Å². The summed E-state index contributed by atoms with van der Waals surface area (Å²) in [6, 6.07) is 6.72. The van der Waals surface area contributed by atoms with Crippen molar-refractivity contribution >= 4 is 29.3 Å². The number of carboxylic acid groups (broad SMARTS) is 1. The van der Waals surface area contributed by atoms with E-state index in [9.17, 15) is 9.59 Å². The summed E-state index contributed by atoms with van der Waals surface area (Å²) in [5.41, 5.74) is 0.747. The summed E-state index contributed by atoms with van der Waals surface area (Å²) in [6.45, 7) is -0.374. The van der Waals surface area contributed by atoms with Gasteiger partial charge >= 0.3 is 5.97 Å². The van der Waals surface area contributed by atoms with E-state index in [0.717, 1.165) is 5.69 Å². The number of hydrogen-bond acceptors (Lipinski definition) is 4. The molecule has 0 aliphatic rings. The number of benzene rings is 1. The Morgan fingerprint density at radius 3 is 2.44 bits per heavy atom. The van der Waals surface area contributed by atoms with Crippen molar-refractivity contribution in [2.75, 3.05) is 30.6 Å². The first-order chi connectivity index (χ1) is 8.54. The van der Waals surface area contributed by atoms with Crippen molar-refractivity contribution in [3.05, 3.63) is 24.3 Å². The summed E-state index contributed by atoms with van der Waals surface area (Å²) in [5, 5.41) is 8.47. The van der Waals surface area contributed by atoms with E-state index in [1.165, 1.54) is 11.8 Å². The molecule has 0 atom stereocenters. The van der Waals surface area contributed by atoms with Crippen LogP contribution < -0.4 is 9.64 Å². The lowest BCUT2D eigenvalue weighted by molar-refractivity contribution is -0.139. The molecule has 0 heterocycles. The average Bonchev–Trinajstić information content (AvgIpc) is 2.36. The summed E-state index contributed by atoms with van der Waals surface area (Å²) in [7, 11) is 1.70. The SMILES string of the molecule is CSCC(=O)N(C)c1ccc(OCC(=O)O)cc1. The maximum Gasteiger partial charge on any atom is 0.341 e. The zero-order valence-corrected chi connectivity index (χ0v) is 11.1. The third-order valence-corrected chi connectivity index (χ3v) is 2.76. The van der Waals surface area contributed by atoms with Gasteiger partial charge in [0.1, 0.15) is 5.75 Å². The van der Waals surface area contributed by atoms with Gasteiger partial charge in [0.2, 0.25) is 5.91 Å². The Labute approximate surface area is 110 Å².